The molecule has 1 unspecified atom stereocenters. The number of amidine groups is 1. The lowest BCUT2D eigenvalue weighted by Gasteiger charge is -2.26. The molecule has 0 aliphatic carbocycles. The van der Waals surface area contributed by atoms with Crippen LogP contribution >= 0.6 is 34.8 Å². The monoisotopic (exact) mass is 566 g/mol. The standard InChI is InChI=1S/C24H22Cl3FN6O3/c1-34(20(24(29)32-33-30)13-36-21-5-3-2-4-17(21)26)12-23(35)31-14-6-9-22(19(28)10-14)37-15-7-8-16(25)18(27)11-15/h2-11,20H,12-13H2,1H3,(H,31,35)(H3,29,30,32). The fourth-order valence-corrected chi connectivity index (χ4v) is 3.64. The fraction of sp³-hybridized carbons (Fsp3) is 0.167. The van der Waals surface area contributed by atoms with E-state index in [0.29, 0.717) is 21.5 Å². The second kappa shape index (κ2) is 13.2. The summed E-state index contributed by atoms with van der Waals surface area (Å²) in [5.74, 6) is -0.535. The minimum absolute atomic E-state index is 0.0201. The first-order chi connectivity index (χ1) is 17.7. The second-order valence-corrected chi connectivity index (χ2v) is 8.89. The van der Waals surface area contributed by atoms with Crippen molar-refractivity contribution < 1.29 is 18.7 Å². The van der Waals surface area contributed by atoms with Crippen molar-refractivity contribution in [3.63, 3.8) is 0 Å². The third-order valence-electron chi connectivity index (χ3n) is 5.00. The van der Waals surface area contributed by atoms with Gasteiger partial charge in [-0.25, -0.2) is 4.39 Å². The van der Waals surface area contributed by atoms with Gasteiger partial charge in [0.05, 0.1) is 21.6 Å². The summed E-state index contributed by atoms with van der Waals surface area (Å²) in [5.41, 5.74) is 13.1. The summed E-state index contributed by atoms with van der Waals surface area (Å²) in [6.07, 6.45) is 0. The number of benzene rings is 3. The Kier molecular flexibility index (Phi) is 10.0. The molecular weight excluding hydrogens is 546 g/mol. The molecule has 0 heterocycles. The highest BCUT2D eigenvalue weighted by Crippen LogP contribution is 2.31. The van der Waals surface area contributed by atoms with E-state index in [1.165, 1.54) is 24.3 Å². The van der Waals surface area contributed by atoms with E-state index in [1.54, 1.807) is 42.3 Å². The first-order valence-electron chi connectivity index (χ1n) is 10.7. The number of carbonyl (C=O) groups excluding carboxylic acids is 1. The molecule has 0 radical (unpaired) electrons. The SMILES string of the molecule is CN(CC(=O)Nc1ccc(Oc2ccc(Cl)c(Cl)c2)c(F)c1)C(COc1ccccc1Cl)/C(N)=N/N=N. The van der Waals surface area contributed by atoms with Crippen LogP contribution in [0.15, 0.2) is 71.0 Å². The number of ether oxygens (including phenoxy) is 2. The van der Waals surface area contributed by atoms with Crippen molar-refractivity contribution in [3.05, 3.63) is 81.5 Å². The van der Waals surface area contributed by atoms with E-state index in [9.17, 15) is 9.18 Å². The number of hydrogen-bond acceptors (Lipinski definition) is 6. The smallest absolute Gasteiger partial charge is 0.238 e. The molecule has 0 aliphatic heterocycles. The minimum atomic E-state index is -0.713. The zero-order valence-electron chi connectivity index (χ0n) is 19.4. The molecule has 0 saturated heterocycles. The number of halogens is 4. The van der Waals surface area contributed by atoms with Crippen molar-refractivity contribution in [1.29, 1.82) is 5.53 Å². The van der Waals surface area contributed by atoms with E-state index in [4.69, 9.17) is 55.5 Å². The van der Waals surface area contributed by atoms with Gasteiger partial charge in [0.15, 0.2) is 11.6 Å². The molecule has 0 fully saturated rings. The van der Waals surface area contributed by atoms with Crippen LogP contribution in [0.25, 0.3) is 0 Å². The lowest BCUT2D eigenvalue weighted by molar-refractivity contribution is -0.117. The first kappa shape index (κ1) is 28.1. The van der Waals surface area contributed by atoms with Gasteiger partial charge in [-0.05, 0) is 43.4 Å². The van der Waals surface area contributed by atoms with Crippen molar-refractivity contribution in [1.82, 2.24) is 4.90 Å². The Morgan fingerprint density at radius 1 is 1.08 bits per heavy atom. The van der Waals surface area contributed by atoms with Crippen molar-refractivity contribution in [3.8, 4) is 17.2 Å². The molecule has 37 heavy (non-hydrogen) atoms. The number of likely N-dealkylation sites (N-methyl/N-ethyl adjacent to an activating group) is 1. The third kappa shape index (κ3) is 8.02. The summed E-state index contributed by atoms with van der Waals surface area (Å²) in [6, 6.07) is 14.7. The quantitative estimate of drug-likeness (QED) is 0.110. The van der Waals surface area contributed by atoms with Crippen LogP contribution in [0.5, 0.6) is 17.2 Å². The van der Waals surface area contributed by atoms with Gasteiger partial charge >= 0.3 is 0 Å². The van der Waals surface area contributed by atoms with E-state index in [1.807, 2.05) is 0 Å². The van der Waals surface area contributed by atoms with E-state index >= 15 is 0 Å². The van der Waals surface area contributed by atoms with Crippen molar-refractivity contribution in [2.24, 2.45) is 16.1 Å². The third-order valence-corrected chi connectivity index (χ3v) is 6.05. The van der Waals surface area contributed by atoms with Crippen LogP contribution in [-0.2, 0) is 4.79 Å². The van der Waals surface area contributed by atoms with Crippen LogP contribution in [0.3, 0.4) is 0 Å². The molecule has 3 aromatic rings. The molecule has 0 aliphatic rings. The molecule has 4 N–H and O–H groups in total. The number of para-hydroxylation sites is 1. The minimum Gasteiger partial charge on any atom is -0.490 e. The Bertz CT molecular complexity index is 1310. The summed E-state index contributed by atoms with van der Waals surface area (Å²) >= 11 is 18.0. The van der Waals surface area contributed by atoms with Gasteiger partial charge in [0, 0.05) is 17.8 Å². The van der Waals surface area contributed by atoms with Crippen molar-refractivity contribution in [2.45, 2.75) is 6.04 Å². The Morgan fingerprint density at radius 2 is 1.84 bits per heavy atom. The Hall–Kier alpha value is -3.44. The second-order valence-electron chi connectivity index (χ2n) is 7.67. The number of nitrogens with one attached hydrogen (secondary N) is 2. The molecule has 1 amide bonds. The topological polar surface area (TPSA) is 125 Å². The zero-order valence-corrected chi connectivity index (χ0v) is 21.7. The molecule has 9 nitrogen and oxygen atoms in total. The van der Waals surface area contributed by atoms with Gasteiger partial charge < -0.3 is 20.5 Å². The number of hydrogen-bond donors (Lipinski definition) is 3. The zero-order chi connectivity index (χ0) is 26.9. The number of nitrogens with zero attached hydrogens (tertiary/aromatic N) is 3. The number of anilines is 1. The maximum Gasteiger partial charge on any atom is 0.238 e. The van der Waals surface area contributed by atoms with Crippen LogP contribution in [0.4, 0.5) is 10.1 Å². The number of amides is 1. The molecule has 0 aromatic heterocycles. The number of carbonyl (C=O) groups is 1. The molecule has 3 aromatic carbocycles. The number of rotatable bonds is 11. The van der Waals surface area contributed by atoms with Gasteiger partial charge in [-0.1, -0.05) is 52.2 Å². The van der Waals surface area contributed by atoms with Gasteiger partial charge in [-0.3, -0.25) is 9.69 Å². The van der Waals surface area contributed by atoms with Gasteiger partial charge in [0.1, 0.15) is 30.0 Å². The van der Waals surface area contributed by atoms with Crippen molar-refractivity contribution in [2.75, 3.05) is 25.5 Å². The number of nitrogens with two attached hydrogens (primary N) is 1. The summed E-state index contributed by atoms with van der Waals surface area (Å²) in [7, 11) is 1.61. The van der Waals surface area contributed by atoms with E-state index in [-0.39, 0.29) is 35.4 Å². The molecular formula is C24H22Cl3FN6O3. The molecule has 0 bridgehead atoms. The Morgan fingerprint density at radius 3 is 2.51 bits per heavy atom. The first-order valence-corrected chi connectivity index (χ1v) is 11.8. The fourth-order valence-electron chi connectivity index (χ4n) is 3.16. The largest absolute Gasteiger partial charge is 0.490 e. The van der Waals surface area contributed by atoms with Gasteiger partial charge in [0.2, 0.25) is 5.91 Å². The average molecular weight is 568 g/mol. The average Bonchev–Trinajstić information content (AvgIpc) is 2.84. The van der Waals surface area contributed by atoms with E-state index in [2.05, 4.69) is 15.6 Å². The molecule has 13 heteroatoms. The highest BCUT2D eigenvalue weighted by atomic mass is 35.5. The Labute approximate surface area is 227 Å². The maximum atomic E-state index is 14.6. The van der Waals surface area contributed by atoms with Crippen LogP contribution in [0.1, 0.15) is 0 Å². The summed E-state index contributed by atoms with van der Waals surface area (Å²) in [6.45, 7) is -0.179. The molecule has 1 atom stereocenters. The summed E-state index contributed by atoms with van der Waals surface area (Å²) < 4.78 is 25.8. The molecule has 3 rings (SSSR count). The summed E-state index contributed by atoms with van der Waals surface area (Å²) in [5, 5.41) is 10.1. The lowest BCUT2D eigenvalue weighted by atomic mass is 10.2. The van der Waals surface area contributed by atoms with Crippen LogP contribution in [-0.4, -0.2) is 42.9 Å². The maximum absolute atomic E-state index is 14.6. The van der Waals surface area contributed by atoms with Gasteiger partial charge in [0.25, 0.3) is 0 Å². The normalized spacial score (nSPS) is 12.2. The lowest BCUT2D eigenvalue weighted by Crippen LogP contribution is -2.49. The van der Waals surface area contributed by atoms with Gasteiger partial charge in [-0.15, -0.1) is 5.10 Å². The van der Waals surface area contributed by atoms with Crippen molar-refractivity contribution >= 4 is 52.2 Å². The van der Waals surface area contributed by atoms with Crippen LogP contribution < -0.4 is 20.5 Å². The predicted molar refractivity (Wildman–Crippen MR) is 142 cm³/mol. The predicted octanol–water partition coefficient (Wildman–Crippen LogP) is 6.20. The Balaban J connectivity index is 1.64. The molecule has 194 valence electrons. The highest BCUT2D eigenvalue weighted by molar-refractivity contribution is 6.42. The highest BCUT2D eigenvalue weighted by Gasteiger charge is 2.23. The molecule has 0 saturated carbocycles. The van der Waals surface area contributed by atoms with E-state index in [0.717, 1.165) is 6.07 Å². The van der Waals surface area contributed by atoms with E-state index < -0.39 is 17.8 Å². The van der Waals surface area contributed by atoms with Gasteiger partial charge in [-0.2, -0.15) is 5.53 Å². The van der Waals surface area contributed by atoms with Crippen LogP contribution in [0, 0.1) is 11.3 Å². The molecule has 0 spiro atoms. The summed E-state index contributed by atoms with van der Waals surface area (Å²) in [4.78, 5) is 14.2. The van der Waals surface area contributed by atoms with Crippen LogP contribution in [0.2, 0.25) is 15.1 Å².